The Morgan fingerprint density at radius 1 is 1.00 bits per heavy atom. The number of methoxy groups -OCH3 is 2. The lowest BCUT2D eigenvalue weighted by Crippen LogP contribution is -2.42. The minimum absolute atomic E-state index is 0.141. The number of carbonyl (C=O) groups excluding carboxylic acids is 2. The van der Waals surface area contributed by atoms with Gasteiger partial charge >= 0.3 is 0 Å². The Labute approximate surface area is 172 Å². The largest absolute Gasteiger partial charge is 0.493 e. The third kappa shape index (κ3) is 5.11. The molecule has 0 atom stereocenters. The average Bonchev–Trinajstić information content (AvgIpc) is 3.18. The highest BCUT2D eigenvalue weighted by molar-refractivity contribution is 7.09. The lowest BCUT2D eigenvalue weighted by atomic mass is 10.1. The number of nitrogens with one attached hydrogen (secondary N) is 2. The highest BCUT2D eigenvalue weighted by Crippen LogP contribution is 2.27. The minimum atomic E-state index is -0.450. The highest BCUT2D eigenvalue weighted by Gasteiger charge is 2.12. The number of thiazole rings is 1. The first-order valence-electron chi connectivity index (χ1n) is 8.83. The van der Waals surface area contributed by atoms with Crippen LogP contribution < -0.4 is 20.3 Å². The summed E-state index contributed by atoms with van der Waals surface area (Å²) < 4.78 is 10.3. The lowest BCUT2D eigenvalue weighted by Gasteiger charge is -2.11. The molecule has 0 saturated heterocycles. The number of hydrazine groups is 1. The van der Waals surface area contributed by atoms with E-state index in [2.05, 4.69) is 15.8 Å². The van der Waals surface area contributed by atoms with Crippen LogP contribution in [-0.2, 0) is 11.2 Å². The molecule has 0 aliphatic carbocycles. The number of nitrogens with zero attached hydrogens (tertiary/aromatic N) is 1. The summed E-state index contributed by atoms with van der Waals surface area (Å²) in [4.78, 5) is 28.8. The van der Waals surface area contributed by atoms with E-state index in [9.17, 15) is 9.59 Å². The zero-order valence-corrected chi connectivity index (χ0v) is 17.1. The second-order valence-electron chi connectivity index (χ2n) is 6.20. The zero-order valence-electron chi connectivity index (χ0n) is 16.3. The SMILES string of the molecule is COc1ccc(C(=O)NNC(=O)Cc2ccc(-c3csc(C)n3)cc2)cc1OC. The molecule has 0 fully saturated rings. The van der Waals surface area contributed by atoms with Gasteiger partial charge in [-0.1, -0.05) is 24.3 Å². The number of hydrogen-bond acceptors (Lipinski definition) is 6. The summed E-state index contributed by atoms with van der Waals surface area (Å²) in [5.74, 6) is 0.177. The van der Waals surface area contributed by atoms with Gasteiger partial charge in [-0.2, -0.15) is 0 Å². The van der Waals surface area contributed by atoms with E-state index in [-0.39, 0.29) is 12.3 Å². The van der Waals surface area contributed by atoms with Crippen molar-refractivity contribution in [3.63, 3.8) is 0 Å². The van der Waals surface area contributed by atoms with Crippen LogP contribution in [0.5, 0.6) is 11.5 Å². The monoisotopic (exact) mass is 411 g/mol. The Morgan fingerprint density at radius 3 is 2.34 bits per heavy atom. The molecule has 0 aliphatic heterocycles. The van der Waals surface area contributed by atoms with E-state index < -0.39 is 5.91 Å². The van der Waals surface area contributed by atoms with Crippen LogP contribution in [0.1, 0.15) is 20.9 Å². The molecule has 0 radical (unpaired) electrons. The van der Waals surface area contributed by atoms with Gasteiger partial charge in [-0.3, -0.25) is 20.4 Å². The Bertz CT molecular complexity index is 1020. The van der Waals surface area contributed by atoms with Gasteiger partial charge in [-0.05, 0) is 30.7 Å². The second-order valence-corrected chi connectivity index (χ2v) is 7.26. The molecule has 0 spiro atoms. The number of carbonyl (C=O) groups is 2. The van der Waals surface area contributed by atoms with Crippen molar-refractivity contribution in [3.05, 3.63) is 64.0 Å². The average molecular weight is 411 g/mol. The molecule has 2 amide bonds. The fourth-order valence-corrected chi connectivity index (χ4v) is 3.32. The molecule has 2 aromatic carbocycles. The molecule has 1 aromatic heterocycles. The number of ether oxygens (including phenoxy) is 2. The van der Waals surface area contributed by atoms with Gasteiger partial charge in [0.15, 0.2) is 11.5 Å². The van der Waals surface area contributed by atoms with Crippen LogP contribution in [0.15, 0.2) is 47.8 Å². The molecule has 3 rings (SSSR count). The van der Waals surface area contributed by atoms with Crippen LogP contribution in [0.25, 0.3) is 11.3 Å². The number of aryl methyl sites for hydroxylation is 1. The molecule has 0 aliphatic rings. The molecular formula is C21H21N3O4S. The fraction of sp³-hybridized carbons (Fsp3) is 0.190. The molecule has 29 heavy (non-hydrogen) atoms. The topological polar surface area (TPSA) is 89.6 Å². The first kappa shape index (κ1) is 20.3. The maximum absolute atomic E-state index is 12.2. The predicted molar refractivity (Wildman–Crippen MR) is 111 cm³/mol. The van der Waals surface area contributed by atoms with E-state index in [1.54, 1.807) is 29.5 Å². The molecule has 0 unspecified atom stereocenters. The zero-order chi connectivity index (χ0) is 20.8. The van der Waals surface area contributed by atoms with Gasteiger partial charge in [-0.15, -0.1) is 11.3 Å². The molecule has 1 heterocycles. The van der Waals surface area contributed by atoms with E-state index >= 15 is 0 Å². The van der Waals surface area contributed by atoms with Crippen LogP contribution in [0.3, 0.4) is 0 Å². The van der Waals surface area contributed by atoms with Crippen LogP contribution >= 0.6 is 11.3 Å². The maximum Gasteiger partial charge on any atom is 0.269 e. The smallest absolute Gasteiger partial charge is 0.269 e. The number of rotatable bonds is 6. The highest BCUT2D eigenvalue weighted by atomic mass is 32.1. The maximum atomic E-state index is 12.2. The van der Waals surface area contributed by atoms with Gasteiger partial charge < -0.3 is 9.47 Å². The van der Waals surface area contributed by atoms with Crippen molar-refractivity contribution >= 4 is 23.2 Å². The molecule has 3 aromatic rings. The number of benzene rings is 2. The van der Waals surface area contributed by atoms with Gasteiger partial charge in [0.25, 0.3) is 5.91 Å². The van der Waals surface area contributed by atoms with Gasteiger partial charge in [0.1, 0.15) is 0 Å². The van der Waals surface area contributed by atoms with E-state index in [1.807, 2.05) is 36.6 Å². The minimum Gasteiger partial charge on any atom is -0.493 e. The van der Waals surface area contributed by atoms with Crippen LogP contribution in [0, 0.1) is 6.92 Å². The number of amides is 2. The normalized spacial score (nSPS) is 10.3. The summed E-state index contributed by atoms with van der Waals surface area (Å²) >= 11 is 1.60. The summed E-state index contributed by atoms with van der Waals surface area (Å²) in [6.07, 6.45) is 0.141. The first-order valence-corrected chi connectivity index (χ1v) is 9.70. The van der Waals surface area contributed by atoms with Crippen LogP contribution in [0.2, 0.25) is 0 Å². The van der Waals surface area contributed by atoms with E-state index in [4.69, 9.17) is 9.47 Å². The van der Waals surface area contributed by atoms with E-state index in [1.165, 1.54) is 14.2 Å². The summed E-state index contributed by atoms with van der Waals surface area (Å²) in [6.45, 7) is 1.96. The van der Waals surface area contributed by atoms with Crippen molar-refractivity contribution in [2.24, 2.45) is 0 Å². The molecule has 0 saturated carbocycles. The summed E-state index contributed by atoms with van der Waals surface area (Å²) in [6, 6.07) is 12.4. The molecule has 8 heteroatoms. The fourth-order valence-electron chi connectivity index (χ4n) is 2.70. The quantitative estimate of drug-likeness (QED) is 0.609. The van der Waals surface area contributed by atoms with Crippen molar-refractivity contribution in [2.75, 3.05) is 14.2 Å². The third-order valence-corrected chi connectivity index (χ3v) is 4.97. The Balaban J connectivity index is 1.55. The van der Waals surface area contributed by atoms with Crippen molar-refractivity contribution in [1.29, 1.82) is 0 Å². The van der Waals surface area contributed by atoms with Crippen LogP contribution in [-0.4, -0.2) is 31.0 Å². The predicted octanol–water partition coefficient (Wildman–Crippen LogP) is 3.14. The summed E-state index contributed by atoms with van der Waals surface area (Å²) in [7, 11) is 3.00. The Morgan fingerprint density at radius 2 is 1.72 bits per heavy atom. The van der Waals surface area contributed by atoms with Gasteiger partial charge in [0.05, 0.1) is 31.3 Å². The van der Waals surface area contributed by atoms with E-state index in [0.29, 0.717) is 17.1 Å². The van der Waals surface area contributed by atoms with Crippen molar-refractivity contribution < 1.29 is 19.1 Å². The molecule has 150 valence electrons. The lowest BCUT2D eigenvalue weighted by molar-refractivity contribution is -0.121. The summed E-state index contributed by atoms with van der Waals surface area (Å²) in [5.41, 5.74) is 7.92. The van der Waals surface area contributed by atoms with E-state index in [0.717, 1.165) is 21.8 Å². The first-order chi connectivity index (χ1) is 14.0. The molecule has 7 nitrogen and oxygen atoms in total. The number of aromatic nitrogens is 1. The Kier molecular flexibility index (Phi) is 6.46. The third-order valence-electron chi connectivity index (χ3n) is 4.19. The second kappa shape index (κ2) is 9.20. The Hall–Kier alpha value is -3.39. The van der Waals surface area contributed by atoms with Gasteiger partial charge in [0.2, 0.25) is 5.91 Å². The standard InChI is InChI=1S/C21H21N3O4S/c1-13-22-17(12-29-13)15-6-4-14(5-7-15)10-20(25)23-24-21(26)16-8-9-18(27-2)19(11-16)28-3/h4-9,11-12H,10H2,1-3H3,(H,23,25)(H,24,26). The van der Waals surface area contributed by atoms with Gasteiger partial charge in [-0.25, -0.2) is 4.98 Å². The van der Waals surface area contributed by atoms with Crippen molar-refractivity contribution in [2.45, 2.75) is 13.3 Å². The van der Waals surface area contributed by atoms with Crippen molar-refractivity contribution in [3.8, 4) is 22.8 Å². The van der Waals surface area contributed by atoms with Crippen molar-refractivity contribution in [1.82, 2.24) is 15.8 Å². The molecular weight excluding hydrogens is 390 g/mol. The molecule has 0 bridgehead atoms. The van der Waals surface area contributed by atoms with Crippen LogP contribution in [0.4, 0.5) is 0 Å². The van der Waals surface area contributed by atoms with Gasteiger partial charge in [0, 0.05) is 16.5 Å². The molecule has 2 N–H and O–H groups in total. The summed E-state index contributed by atoms with van der Waals surface area (Å²) in [5, 5.41) is 3.01. The number of hydrogen-bond donors (Lipinski definition) is 2.